The van der Waals surface area contributed by atoms with E-state index in [2.05, 4.69) is 9.72 Å². The minimum absolute atomic E-state index is 0.0758. The van der Waals surface area contributed by atoms with Crippen molar-refractivity contribution in [1.29, 1.82) is 0 Å². The molecule has 0 bridgehead atoms. The van der Waals surface area contributed by atoms with Crippen LogP contribution in [0.2, 0.25) is 0 Å². The van der Waals surface area contributed by atoms with E-state index in [-0.39, 0.29) is 11.6 Å². The molecule has 66 valence electrons. The van der Waals surface area contributed by atoms with E-state index in [1.807, 2.05) is 0 Å². The summed E-state index contributed by atoms with van der Waals surface area (Å²) in [5, 5.41) is 0.0758. The number of nitrogens with zero attached hydrogens (tertiary/aromatic N) is 1. The zero-order valence-electron chi connectivity index (χ0n) is 6.76. The van der Waals surface area contributed by atoms with Crippen LogP contribution in [0.5, 0.6) is 0 Å². The van der Waals surface area contributed by atoms with Crippen LogP contribution >= 0.6 is 11.3 Å². The van der Waals surface area contributed by atoms with Gasteiger partial charge in [-0.25, -0.2) is 9.78 Å². The third-order valence-corrected chi connectivity index (χ3v) is 2.12. The van der Waals surface area contributed by atoms with Crippen LogP contribution in [0.25, 0.3) is 0 Å². The van der Waals surface area contributed by atoms with Gasteiger partial charge in [-0.3, -0.25) is 0 Å². The maximum Gasteiger partial charge on any atom is 0.367 e. The van der Waals surface area contributed by atoms with Gasteiger partial charge in [0.1, 0.15) is 0 Å². The van der Waals surface area contributed by atoms with Crippen molar-refractivity contribution in [2.24, 2.45) is 0 Å². The van der Waals surface area contributed by atoms with Crippen LogP contribution < -0.4 is 0 Å². The molecule has 1 heterocycles. The zero-order valence-corrected chi connectivity index (χ0v) is 7.57. The van der Waals surface area contributed by atoms with Gasteiger partial charge in [0.15, 0.2) is 0 Å². The van der Waals surface area contributed by atoms with Crippen molar-refractivity contribution in [2.75, 3.05) is 6.61 Å². The van der Waals surface area contributed by atoms with Crippen molar-refractivity contribution in [3.8, 4) is 0 Å². The number of ether oxygens (including phenoxy) is 1. The first kappa shape index (κ1) is 9.12. The molecule has 0 aromatic carbocycles. The predicted molar refractivity (Wildman–Crippen MR) is 42.8 cm³/mol. The molecule has 1 aromatic heterocycles. The SMILES string of the molecule is CCOC(=O)c1nc(F)c(C)s1. The fraction of sp³-hybridized carbons (Fsp3) is 0.429. The Bertz CT molecular complexity index is 278. The summed E-state index contributed by atoms with van der Waals surface area (Å²) in [6.45, 7) is 3.53. The number of hydrogen-bond acceptors (Lipinski definition) is 4. The second kappa shape index (κ2) is 3.62. The molecule has 0 N–H and O–H groups in total. The van der Waals surface area contributed by atoms with Gasteiger partial charge >= 0.3 is 5.97 Å². The molecule has 12 heavy (non-hydrogen) atoms. The second-order valence-corrected chi connectivity index (χ2v) is 3.29. The zero-order chi connectivity index (χ0) is 9.14. The van der Waals surface area contributed by atoms with E-state index in [9.17, 15) is 9.18 Å². The summed E-state index contributed by atoms with van der Waals surface area (Å²) in [5.74, 6) is -1.16. The maximum absolute atomic E-state index is 12.6. The number of hydrogen-bond donors (Lipinski definition) is 0. The lowest BCUT2D eigenvalue weighted by atomic mass is 10.6. The highest BCUT2D eigenvalue weighted by atomic mass is 32.1. The first-order chi connectivity index (χ1) is 5.65. The molecular formula is C7H8FNO2S. The van der Waals surface area contributed by atoms with E-state index >= 15 is 0 Å². The number of rotatable bonds is 2. The summed E-state index contributed by atoms with van der Waals surface area (Å²) in [5.41, 5.74) is 0. The van der Waals surface area contributed by atoms with Gasteiger partial charge in [0, 0.05) is 0 Å². The van der Waals surface area contributed by atoms with E-state index in [0.717, 1.165) is 11.3 Å². The lowest BCUT2D eigenvalue weighted by Gasteiger charge is -1.94. The fourth-order valence-corrected chi connectivity index (χ4v) is 1.35. The third kappa shape index (κ3) is 1.79. The number of aryl methyl sites for hydroxylation is 1. The Morgan fingerprint density at radius 1 is 1.75 bits per heavy atom. The molecule has 0 fully saturated rings. The van der Waals surface area contributed by atoms with Gasteiger partial charge in [0.25, 0.3) is 0 Å². The number of carbonyl (C=O) groups excluding carboxylic acids is 1. The van der Waals surface area contributed by atoms with Gasteiger partial charge < -0.3 is 4.74 Å². The van der Waals surface area contributed by atoms with Crippen molar-refractivity contribution in [3.05, 3.63) is 15.8 Å². The number of thiazole rings is 1. The minimum atomic E-state index is -0.594. The van der Waals surface area contributed by atoms with Gasteiger partial charge in [-0.05, 0) is 13.8 Å². The first-order valence-electron chi connectivity index (χ1n) is 3.45. The Morgan fingerprint density at radius 2 is 2.42 bits per heavy atom. The van der Waals surface area contributed by atoms with Gasteiger partial charge in [-0.2, -0.15) is 4.39 Å². The molecule has 0 saturated carbocycles. The van der Waals surface area contributed by atoms with E-state index in [1.165, 1.54) is 0 Å². The van der Waals surface area contributed by atoms with Crippen LogP contribution in [0.3, 0.4) is 0 Å². The molecule has 1 aromatic rings. The average Bonchev–Trinajstić information content (AvgIpc) is 2.33. The van der Waals surface area contributed by atoms with Crippen molar-refractivity contribution < 1.29 is 13.9 Å². The second-order valence-electron chi connectivity index (χ2n) is 2.09. The summed E-state index contributed by atoms with van der Waals surface area (Å²) in [6, 6.07) is 0. The Morgan fingerprint density at radius 3 is 2.83 bits per heavy atom. The Hall–Kier alpha value is -0.970. The molecule has 0 saturated heterocycles. The van der Waals surface area contributed by atoms with Crippen molar-refractivity contribution in [2.45, 2.75) is 13.8 Å². The highest BCUT2D eigenvalue weighted by Gasteiger charge is 2.14. The smallest absolute Gasteiger partial charge is 0.367 e. The standard InChI is InChI=1S/C7H8FNO2S/c1-3-11-7(10)6-9-5(8)4(2)12-6/h3H2,1-2H3. The van der Waals surface area contributed by atoms with Crippen LogP contribution in [0.4, 0.5) is 4.39 Å². The maximum atomic E-state index is 12.6. The number of halogens is 1. The van der Waals surface area contributed by atoms with Crippen LogP contribution in [-0.2, 0) is 4.74 Å². The van der Waals surface area contributed by atoms with Gasteiger partial charge in [-0.1, -0.05) is 0 Å². The molecule has 0 aliphatic carbocycles. The molecule has 1 rings (SSSR count). The normalized spacial score (nSPS) is 9.92. The average molecular weight is 189 g/mol. The van der Waals surface area contributed by atoms with Gasteiger partial charge in [-0.15, -0.1) is 11.3 Å². The first-order valence-corrected chi connectivity index (χ1v) is 4.26. The fourth-order valence-electron chi connectivity index (χ4n) is 0.658. The molecule has 0 aliphatic rings. The number of esters is 1. The van der Waals surface area contributed by atoms with Gasteiger partial charge in [0.2, 0.25) is 11.0 Å². The highest BCUT2D eigenvalue weighted by Crippen LogP contribution is 2.16. The number of aromatic nitrogens is 1. The summed E-state index contributed by atoms with van der Waals surface area (Å²) < 4.78 is 17.3. The van der Waals surface area contributed by atoms with Crippen LogP contribution in [-0.4, -0.2) is 17.6 Å². The van der Waals surface area contributed by atoms with Crippen molar-refractivity contribution in [1.82, 2.24) is 4.98 Å². The predicted octanol–water partition coefficient (Wildman–Crippen LogP) is 1.77. The molecule has 0 amide bonds. The molecule has 0 radical (unpaired) electrons. The Kier molecular flexibility index (Phi) is 2.75. The Labute approximate surface area is 73.2 Å². The van der Waals surface area contributed by atoms with Crippen molar-refractivity contribution in [3.63, 3.8) is 0 Å². The largest absolute Gasteiger partial charge is 0.461 e. The van der Waals surface area contributed by atoms with E-state index in [4.69, 9.17) is 0 Å². The molecular weight excluding hydrogens is 181 g/mol. The van der Waals surface area contributed by atoms with Crippen molar-refractivity contribution >= 4 is 17.3 Å². The minimum Gasteiger partial charge on any atom is -0.461 e. The molecule has 0 atom stereocenters. The summed E-state index contributed by atoms with van der Waals surface area (Å²) in [7, 11) is 0. The van der Waals surface area contributed by atoms with E-state index in [0.29, 0.717) is 4.88 Å². The van der Waals surface area contributed by atoms with Crippen LogP contribution in [0.1, 0.15) is 21.6 Å². The van der Waals surface area contributed by atoms with Gasteiger partial charge in [0.05, 0.1) is 11.5 Å². The Balaban J connectivity index is 2.82. The van der Waals surface area contributed by atoms with E-state index in [1.54, 1.807) is 13.8 Å². The lowest BCUT2D eigenvalue weighted by Crippen LogP contribution is -2.03. The molecule has 0 unspecified atom stereocenters. The molecule has 5 heteroatoms. The molecule has 0 spiro atoms. The van der Waals surface area contributed by atoms with Crippen LogP contribution in [0.15, 0.2) is 0 Å². The quantitative estimate of drug-likeness (QED) is 0.665. The third-order valence-electron chi connectivity index (χ3n) is 1.19. The monoisotopic (exact) mass is 189 g/mol. The van der Waals surface area contributed by atoms with E-state index < -0.39 is 11.9 Å². The van der Waals surface area contributed by atoms with Crippen LogP contribution in [0, 0.1) is 12.9 Å². The molecule has 3 nitrogen and oxygen atoms in total. The summed E-state index contributed by atoms with van der Waals surface area (Å²) in [4.78, 5) is 14.8. The molecule has 0 aliphatic heterocycles. The summed E-state index contributed by atoms with van der Waals surface area (Å²) >= 11 is 1.00. The summed E-state index contributed by atoms with van der Waals surface area (Å²) in [6.07, 6.45) is 0. The topological polar surface area (TPSA) is 39.2 Å². The highest BCUT2D eigenvalue weighted by molar-refractivity contribution is 7.13. The number of carbonyl (C=O) groups is 1. The lowest BCUT2D eigenvalue weighted by molar-refractivity contribution is 0.0525.